The Morgan fingerprint density at radius 1 is 1.50 bits per heavy atom. The number of methoxy groups -OCH3 is 1. The van der Waals surface area contributed by atoms with Crippen molar-refractivity contribution in [3.63, 3.8) is 0 Å². The molecule has 20 heavy (non-hydrogen) atoms. The zero-order valence-electron chi connectivity index (χ0n) is 12.0. The van der Waals surface area contributed by atoms with Gasteiger partial charge in [0.1, 0.15) is 4.88 Å². The molecule has 1 aliphatic rings. The molecule has 0 radical (unpaired) electrons. The van der Waals surface area contributed by atoms with Gasteiger partial charge in [0.15, 0.2) is 5.13 Å². The normalized spacial score (nSPS) is 18.9. The van der Waals surface area contributed by atoms with Crippen LogP contribution in [-0.2, 0) is 11.3 Å². The van der Waals surface area contributed by atoms with Crippen LogP contribution in [-0.4, -0.2) is 46.8 Å². The van der Waals surface area contributed by atoms with Gasteiger partial charge in [0.05, 0.1) is 12.3 Å². The fourth-order valence-corrected chi connectivity index (χ4v) is 4.15. The van der Waals surface area contributed by atoms with Gasteiger partial charge in [0, 0.05) is 30.7 Å². The number of thiazole rings is 1. The highest BCUT2D eigenvalue weighted by atomic mass is 32.2. The lowest BCUT2D eigenvalue weighted by molar-refractivity contribution is 0.0697. The first-order chi connectivity index (χ1) is 9.43. The highest BCUT2D eigenvalue weighted by Crippen LogP contribution is 2.34. The summed E-state index contributed by atoms with van der Waals surface area (Å²) in [6.45, 7) is 6.57. The van der Waals surface area contributed by atoms with E-state index < -0.39 is 5.97 Å². The van der Waals surface area contributed by atoms with E-state index in [2.05, 4.69) is 23.7 Å². The van der Waals surface area contributed by atoms with E-state index in [1.165, 1.54) is 11.3 Å². The number of anilines is 1. The molecule has 0 spiro atoms. The monoisotopic (exact) mass is 316 g/mol. The molecule has 0 aliphatic carbocycles. The topological polar surface area (TPSA) is 62.7 Å². The van der Waals surface area contributed by atoms with Crippen LogP contribution in [0.2, 0.25) is 0 Å². The predicted octanol–water partition coefficient (Wildman–Crippen LogP) is 2.71. The molecule has 0 aromatic carbocycles. The van der Waals surface area contributed by atoms with Crippen LogP contribution in [0.25, 0.3) is 0 Å². The summed E-state index contributed by atoms with van der Waals surface area (Å²) in [4.78, 5) is 18.2. The van der Waals surface area contributed by atoms with Crippen LogP contribution >= 0.6 is 23.1 Å². The number of aromatic nitrogens is 1. The van der Waals surface area contributed by atoms with Gasteiger partial charge in [-0.3, -0.25) is 0 Å². The Morgan fingerprint density at radius 2 is 2.25 bits per heavy atom. The number of thioether (sulfide) groups is 1. The average Bonchev–Trinajstić information content (AvgIpc) is 2.69. The summed E-state index contributed by atoms with van der Waals surface area (Å²) in [5.41, 5.74) is 0.524. The molecule has 0 amide bonds. The maximum absolute atomic E-state index is 11.3. The van der Waals surface area contributed by atoms with Crippen LogP contribution in [0.5, 0.6) is 0 Å². The highest BCUT2D eigenvalue weighted by molar-refractivity contribution is 8.00. The third-order valence-corrected chi connectivity index (χ3v) is 5.79. The summed E-state index contributed by atoms with van der Waals surface area (Å²) >= 11 is 3.21. The molecule has 1 aromatic heterocycles. The van der Waals surface area contributed by atoms with Crippen molar-refractivity contribution < 1.29 is 14.6 Å². The molecular formula is C13H20N2O3S2. The number of nitrogens with zero attached hydrogens (tertiary/aromatic N) is 2. The zero-order valence-corrected chi connectivity index (χ0v) is 13.6. The molecule has 1 fully saturated rings. The molecule has 5 nitrogen and oxygen atoms in total. The number of carboxylic acid groups (broad SMARTS) is 1. The van der Waals surface area contributed by atoms with E-state index in [-0.39, 0.29) is 16.2 Å². The number of rotatable bonds is 4. The SMILES string of the molecule is COCc1nc(N2CCSC(C)(C)CC2)sc1C(=O)O. The van der Waals surface area contributed by atoms with Crippen molar-refractivity contribution in [2.24, 2.45) is 0 Å². The number of carboxylic acids is 1. The molecule has 112 valence electrons. The fourth-order valence-electron chi connectivity index (χ4n) is 2.09. The Labute approximate surface area is 127 Å². The summed E-state index contributed by atoms with van der Waals surface area (Å²) in [5.74, 6) is 0.111. The molecule has 0 atom stereocenters. The van der Waals surface area contributed by atoms with Crippen molar-refractivity contribution in [2.75, 3.05) is 30.9 Å². The first-order valence-corrected chi connectivity index (χ1v) is 8.34. The van der Waals surface area contributed by atoms with Crippen molar-refractivity contribution in [3.05, 3.63) is 10.6 Å². The van der Waals surface area contributed by atoms with Gasteiger partial charge in [-0.05, 0) is 6.42 Å². The smallest absolute Gasteiger partial charge is 0.347 e. The molecular weight excluding hydrogens is 296 g/mol. The maximum atomic E-state index is 11.3. The van der Waals surface area contributed by atoms with Crippen LogP contribution in [0.3, 0.4) is 0 Å². The minimum atomic E-state index is -0.926. The Bertz CT molecular complexity index is 488. The molecule has 7 heteroatoms. The minimum absolute atomic E-state index is 0.242. The molecule has 1 N–H and O–H groups in total. The standard InChI is InChI=1S/C13H20N2O3S2/c1-13(2)4-5-15(6-7-19-13)12-14-9(8-18-3)10(20-12)11(16)17/h4-8H2,1-3H3,(H,16,17). The second-order valence-corrected chi connectivity index (χ2v) is 8.14. The molecule has 1 aliphatic heterocycles. The van der Waals surface area contributed by atoms with E-state index in [9.17, 15) is 9.90 Å². The molecule has 2 rings (SSSR count). The van der Waals surface area contributed by atoms with Gasteiger partial charge < -0.3 is 14.7 Å². The third-order valence-electron chi connectivity index (χ3n) is 3.27. The lowest BCUT2D eigenvalue weighted by Gasteiger charge is -2.22. The summed E-state index contributed by atoms with van der Waals surface area (Å²) in [6.07, 6.45) is 1.07. The van der Waals surface area contributed by atoms with E-state index in [0.717, 1.165) is 30.4 Å². The Morgan fingerprint density at radius 3 is 2.90 bits per heavy atom. The number of aromatic carboxylic acids is 1. The number of hydrogen-bond donors (Lipinski definition) is 1. The molecule has 0 bridgehead atoms. The third kappa shape index (κ3) is 3.65. The van der Waals surface area contributed by atoms with Crippen LogP contribution in [0.4, 0.5) is 5.13 Å². The van der Waals surface area contributed by atoms with Crippen molar-refractivity contribution >= 4 is 34.2 Å². The maximum Gasteiger partial charge on any atom is 0.347 e. The molecule has 0 saturated carbocycles. The van der Waals surface area contributed by atoms with E-state index in [4.69, 9.17) is 4.74 Å². The van der Waals surface area contributed by atoms with Gasteiger partial charge in [-0.2, -0.15) is 11.8 Å². The predicted molar refractivity (Wildman–Crippen MR) is 83.2 cm³/mol. The Kier molecular flexibility index (Phi) is 4.93. The number of hydrogen-bond acceptors (Lipinski definition) is 6. The second kappa shape index (κ2) is 6.32. The zero-order chi connectivity index (χ0) is 14.8. The lowest BCUT2D eigenvalue weighted by Crippen LogP contribution is -2.26. The quantitative estimate of drug-likeness (QED) is 0.921. The molecule has 1 saturated heterocycles. The number of ether oxygens (including phenoxy) is 1. The summed E-state index contributed by atoms with van der Waals surface area (Å²) in [5, 5.41) is 10.0. The average molecular weight is 316 g/mol. The van der Waals surface area contributed by atoms with Gasteiger partial charge in [-0.25, -0.2) is 9.78 Å². The van der Waals surface area contributed by atoms with Gasteiger partial charge in [0.25, 0.3) is 0 Å². The van der Waals surface area contributed by atoms with Crippen molar-refractivity contribution in [1.82, 2.24) is 4.98 Å². The summed E-state index contributed by atoms with van der Waals surface area (Å²) in [6, 6.07) is 0. The van der Waals surface area contributed by atoms with E-state index in [1.807, 2.05) is 11.8 Å². The second-order valence-electron chi connectivity index (χ2n) is 5.36. The molecule has 2 heterocycles. The summed E-state index contributed by atoms with van der Waals surface area (Å²) in [7, 11) is 1.55. The Balaban J connectivity index is 2.20. The van der Waals surface area contributed by atoms with E-state index >= 15 is 0 Å². The van der Waals surface area contributed by atoms with Crippen molar-refractivity contribution in [2.45, 2.75) is 31.6 Å². The first kappa shape index (κ1) is 15.6. The van der Waals surface area contributed by atoms with Crippen molar-refractivity contribution in [1.29, 1.82) is 0 Å². The first-order valence-electron chi connectivity index (χ1n) is 6.54. The van der Waals surface area contributed by atoms with Gasteiger partial charge in [0.2, 0.25) is 0 Å². The van der Waals surface area contributed by atoms with Crippen LogP contribution in [0.1, 0.15) is 35.6 Å². The van der Waals surface area contributed by atoms with Crippen LogP contribution in [0.15, 0.2) is 0 Å². The number of carbonyl (C=O) groups is 1. The lowest BCUT2D eigenvalue weighted by atomic mass is 10.1. The summed E-state index contributed by atoms with van der Waals surface area (Å²) < 4.78 is 5.31. The highest BCUT2D eigenvalue weighted by Gasteiger charge is 2.26. The fraction of sp³-hybridized carbons (Fsp3) is 0.692. The van der Waals surface area contributed by atoms with Gasteiger partial charge in [-0.1, -0.05) is 25.2 Å². The van der Waals surface area contributed by atoms with Crippen LogP contribution in [0, 0.1) is 0 Å². The van der Waals surface area contributed by atoms with E-state index in [1.54, 1.807) is 7.11 Å². The van der Waals surface area contributed by atoms with E-state index in [0.29, 0.717) is 5.69 Å². The Hall–Kier alpha value is -0.790. The van der Waals surface area contributed by atoms with Gasteiger partial charge >= 0.3 is 5.97 Å². The van der Waals surface area contributed by atoms with Crippen molar-refractivity contribution in [3.8, 4) is 0 Å². The molecule has 0 unspecified atom stereocenters. The minimum Gasteiger partial charge on any atom is -0.477 e. The van der Waals surface area contributed by atoms with Gasteiger partial charge in [-0.15, -0.1) is 0 Å². The largest absolute Gasteiger partial charge is 0.477 e. The van der Waals surface area contributed by atoms with Crippen LogP contribution < -0.4 is 4.90 Å². The molecule has 1 aromatic rings.